The molecule has 28 heavy (non-hydrogen) atoms. The predicted octanol–water partition coefficient (Wildman–Crippen LogP) is 1.89. The monoisotopic (exact) mass is 389 g/mol. The largest absolute Gasteiger partial charge is 0.354 e. The van der Waals surface area contributed by atoms with E-state index in [1.807, 2.05) is 0 Å². The fraction of sp³-hybridized carbons (Fsp3) is 0.353. The summed E-state index contributed by atoms with van der Waals surface area (Å²) in [5, 5.41) is 13.0. The summed E-state index contributed by atoms with van der Waals surface area (Å²) in [6, 6.07) is 2.69. The van der Waals surface area contributed by atoms with Gasteiger partial charge in [0.15, 0.2) is 17.0 Å². The van der Waals surface area contributed by atoms with Crippen LogP contribution in [0.3, 0.4) is 0 Å². The highest BCUT2D eigenvalue weighted by molar-refractivity contribution is 6.07. The van der Waals surface area contributed by atoms with E-state index in [0.717, 1.165) is 17.4 Å². The van der Waals surface area contributed by atoms with Gasteiger partial charge in [-0.1, -0.05) is 0 Å². The number of hydrogen-bond donors (Lipinski definition) is 2. The van der Waals surface area contributed by atoms with Crippen LogP contribution in [0.4, 0.5) is 14.5 Å². The van der Waals surface area contributed by atoms with Crippen molar-refractivity contribution in [2.24, 2.45) is 7.05 Å². The number of fused-ring (bicyclic) bond motifs is 1. The van der Waals surface area contributed by atoms with E-state index in [2.05, 4.69) is 25.8 Å². The quantitative estimate of drug-likeness (QED) is 0.693. The molecule has 0 spiro atoms. The Kier molecular flexibility index (Phi) is 4.28. The van der Waals surface area contributed by atoms with Gasteiger partial charge in [0.2, 0.25) is 0 Å². The minimum Gasteiger partial charge on any atom is -0.354 e. The van der Waals surface area contributed by atoms with Gasteiger partial charge in [-0.25, -0.2) is 18.3 Å². The molecular weight excluding hydrogens is 372 g/mol. The van der Waals surface area contributed by atoms with E-state index >= 15 is 0 Å². The van der Waals surface area contributed by atoms with Crippen LogP contribution in [-0.2, 0) is 7.05 Å². The summed E-state index contributed by atoms with van der Waals surface area (Å²) >= 11 is 0. The van der Waals surface area contributed by atoms with Gasteiger partial charge in [0.1, 0.15) is 5.69 Å². The van der Waals surface area contributed by atoms with E-state index in [9.17, 15) is 18.4 Å². The first kappa shape index (κ1) is 18.0. The number of nitrogens with one attached hydrogen (secondary N) is 2. The molecule has 3 heterocycles. The lowest BCUT2D eigenvalue weighted by atomic mass is 10.2. The maximum atomic E-state index is 13.5. The first-order valence-electron chi connectivity index (χ1n) is 8.63. The molecule has 1 saturated carbocycles. The molecule has 0 saturated heterocycles. The molecule has 9 nitrogen and oxygen atoms in total. The average molecular weight is 389 g/mol. The van der Waals surface area contributed by atoms with Crippen LogP contribution >= 0.6 is 0 Å². The Morgan fingerprint density at radius 3 is 2.61 bits per heavy atom. The molecule has 1 aliphatic rings. The van der Waals surface area contributed by atoms with Gasteiger partial charge in [-0.05, 0) is 18.9 Å². The van der Waals surface area contributed by atoms with Crippen LogP contribution in [0.5, 0.6) is 0 Å². The van der Waals surface area contributed by atoms with Crippen molar-refractivity contribution in [1.82, 2.24) is 29.7 Å². The van der Waals surface area contributed by atoms with Gasteiger partial charge in [-0.3, -0.25) is 14.3 Å². The summed E-state index contributed by atoms with van der Waals surface area (Å²) < 4.78 is 29.3. The lowest BCUT2D eigenvalue weighted by molar-refractivity contribution is 0.0958. The zero-order valence-electron chi connectivity index (χ0n) is 15.1. The molecule has 0 aromatic carbocycles. The third-order valence-electron chi connectivity index (χ3n) is 4.45. The Balaban J connectivity index is 1.69. The molecule has 2 amide bonds. The molecule has 4 rings (SSSR count). The second-order valence-electron chi connectivity index (χ2n) is 6.58. The molecule has 0 bridgehead atoms. The fourth-order valence-corrected chi connectivity index (χ4v) is 2.93. The Labute approximate surface area is 157 Å². The van der Waals surface area contributed by atoms with Gasteiger partial charge < -0.3 is 10.6 Å². The topological polar surface area (TPSA) is 106 Å². The number of aryl methyl sites for hydroxylation is 1. The van der Waals surface area contributed by atoms with Crippen LogP contribution in [0.2, 0.25) is 0 Å². The SMILES string of the molecule is CNC(=O)c1nn(C)cc1NC(=O)c1cc2nc(C3CC3)cc(C(F)F)n2n1. The number of amides is 2. The van der Waals surface area contributed by atoms with Crippen LogP contribution in [-0.4, -0.2) is 43.2 Å². The van der Waals surface area contributed by atoms with Crippen LogP contribution in [0.25, 0.3) is 5.65 Å². The highest BCUT2D eigenvalue weighted by Crippen LogP contribution is 2.40. The van der Waals surface area contributed by atoms with E-state index in [1.165, 1.54) is 30.1 Å². The van der Waals surface area contributed by atoms with Crippen LogP contribution in [0.15, 0.2) is 18.3 Å². The van der Waals surface area contributed by atoms with E-state index in [0.29, 0.717) is 5.69 Å². The molecule has 0 unspecified atom stereocenters. The summed E-state index contributed by atoms with van der Waals surface area (Å²) in [7, 11) is 3.05. The molecule has 0 radical (unpaired) electrons. The number of hydrogen-bond acceptors (Lipinski definition) is 5. The molecule has 3 aromatic heterocycles. The Bertz CT molecular complexity index is 1080. The smallest absolute Gasteiger partial charge is 0.280 e. The third kappa shape index (κ3) is 3.19. The zero-order chi connectivity index (χ0) is 20.0. The molecule has 2 N–H and O–H groups in total. The molecular formula is C17H17F2N7O2. The molecule has 0 atom stereocenters. The third-order valence-corrected chi connectivity index (χ3v) is 4.45. The van der Waals surface area contributed by atoms with Crippen molar-refractivity contribution in [1.29, 1.82) is 0 Å². The number of alkyl halides is 2. The lowest BCUT2D eigenvalue weighted by Gasteiger charge is -2.06. The van der Waals surface area contributed by atoms with Crippen LogP contribution in [0.1, 0.15) is 57.5 Å². The van der Waals surface area contributed by atoms with E-state index in [4.69, 9.17) is 0 Å². The predicted molar refractivity (Wildman–Crippen MR) is 94.5 cm³/mol. The molecule has 146 valence electrons. The summed E-state index contributed by atoms with van der Waals surface area (Å²) in [5.41, 5.74) is 0.591. The van der Waals surface area contributed by atoms with Crippen LogP contribution < -0.4 is 10.6 Å². The van der Waals surface area contributed by atoms with Crippen molar-refractivity contribution in [3.8, 4) is 0 Å². The molecule has 1 aliphatic carbocycles. The molecule has 3 aromatic rings. The van der Waals surface area contributed by atoms with Crippen molar-refractivity contribution >= 4 is 23.1 Å². The number of aromatic nitrogens is 5. The van der Waals surface area contributed by atoms with E-state index in [-0.39, 0.29) is 34.3 Å². The minimum atomic E-state index is -2.75. The number of rotatable bonds is 5. The van der Waals surface area contributed by atoms with Crippen molar-refractivity contribution in [3.05, 3.63) is 41.1 Å². The fourth-order valence-electron chi connectivity index (χ4n) is 2.93. The lowest BCUT2D eigenvalue weighted by Crippen LogP contribution is -2.21. The first-order valence-corrected chi connectivity index (χ1v) is 8.63. The van der Waals surface area contributed by atoms with E-state index in [1.54, 1.807) is 7.05 Å². The number of halogens is 2. The van der Waals surface area contributed by atoms with Gasteiger partial charge in [-0.2, -0.15) is 10.2 Å². The van der Waals surface area contributed by atoms with Gasteiger partial charge in [0.05, 0.1) is 5.69 Å². The summed E-state index contributed by atoms with van der Waals surface area (Å²) in [6.45, 7) is 0. The maximum Gasteiger partial charge on any atom is 0.280 e. The number of carbonyl (C=O) groups excluding carboxylic acids is 2. The minimum absolute atomic E-state index is 0.0320. The zero-order valence-corrected chi connectivity index (χ0v) is 15.1. The maximum absolute atomic E-state index is 13.5. The summed E-state index contributed by atoms with van der Waals surface area (Å²) in [6.07, 6.45) is 0.538. The number of carbonyl (C=O) groups is 2. The van der Waals surface area contributed by atoms with Gasteiger partial charge in [-0.15, -0.1) is 0 Å². The van der Waals surface area contributed by atoms with Crippen molar-refractivity contribution < 1.29 is 18.4 Å². The highest BCUT2D eigenvalue weighted by Gasteiger charge is 2.28. The van der Waals surface area contributed by atoms with Gasteiger partial charge in [0.25, 0.3) is 18.2 Å². The number of anilines is 1. The van der Waals surface area contributed by atoms with Crippen LogP contribution in [0, 0.1) is 0 Å². The van der Waals surface area contributed by atoms with Crippen molar-refractivity contribution in [2.45, 2.75) is 25.2 Å². The summed E-state index contributed by atoms with van der Waals surface area (Å²) in [5.74, 6) is -0.946. The van der Waals surface area contributed by atoms with Gasteiger partial charge >= 0.3 is 0 Å². The molecule has 0 aliphatic heterocycles. The Morgan fingerprint density at radius 1 is 1.21 bits per heavy atom. The van der Waals surface area contributed by atoms with E-state index < -0.39 is 18.2 Å². The molecule has 1 fully saturated rings. The second kappa shape index (κ2) is 6.66. The standard InChI is InChI=1S/C17H17F2N7O2/c1-20-17(28)14-11(7-25(2)24-14)22-16(27)10-6-13-21-9(8-3-4-8)5-12(15(18)19)26(13)23-10/h5-8,15H,3-4H2,1-2H3,(H,20,28)(H,22,27). The van der Waals surface area contributed by atoms with Gasteiger partial charge in [0, 0.05) is 38.0 Å². The normalized spacial score (nSPS) is 13.9. The highest BCUT2D eigenvalue weighted by atomic mass is 19.3. The molecule has 11 heteroatoms. The number of nitrogens with zero attached hydrogens (tertiary/aromatic N) is 5. The Morgan fingerprint density at radius 2 is 1.96 bits per heavy atom. The Hall–Kier alpha value is -3.37. The van der Waals surface area contributed by atoms with Crippen molar-refractivity contribution in [2.75, 3.05) is 12.4 Å². The summed E-state index contributed by atoms with van der Waals surface area (Å²) in [4.78, 5) is 28.8. The second-order valence-corrected chi connectivity index (χ2v) is 6.58. The first-order chi connectivity index (χ1) is 13.4. The van der Waals surface area contributed by atoms with Crippen molar-refractivity contribution in [3.63, 3.8) is 0 Å². The average Bonchev–Trinajstić information content (AvgIpc) is 3.32.